The van der Waals surface area contributed by atoms with Crippen LogP contribution in [0.1, 0.15) is 29.8 Å². The van der Waals surface area contributed by atoms with E-state index in [1.54, 1.807) is 11.9 Å². The van der Waals surface area contributed by atoms with Crippen molar-refractivity contribution >= 4 is 21.8 Å². The number of aryl methyl sites for hydroxylation is 1. The average Bonchev–Trinajstić information content (AvgIpc) is 2.31. The fraction of sp³-hybridized carbons (Fsp3) is 0.500. The van der Waals surface area contributed by atoms with Crippen LogP contribution >= 0.6 is 15.9 Å². The van der Waals surface area contributed by atoms with Gasteiger partial charge in [-0.05, 0) is 48.3 Å². The van der Waals surface area contributed by atoms with Gasteiger partial charge in [0.15, 0.2) is 0 Å². The van der Waals surface area contributed by atoms with Gasteiger partial charge in [-0.25, -0.2) is 0 Å². The van der Waals surface area contributed by atoms with Crippen LogP contribution in [0.15, 0.2) is 22.7 Å². The minimum Gasteiger partial charge on any atom is -0.377 e. The van der Waals surface area contributed by atoms with E-state index in [2.05, 4.69) is 15.9 Å². The highest BCUT2D eigenvalue weighted by atomic mass is 79.9. The summed E-state index contributed by atoms with van der Waals surface area (Å²) >= 11 is 3.46. The summed E-state index contributed by atoms with van der Waals surface area (Å²) in [6, 6.07) is 5.70. The van der Waals surface area contributed by atoms with Crippen molar-refractivity contribution in [2.75, 3.05) is 20.2 Å². The van der Waals surface area contributed by atoms with Crippen molar-refractivity contribution in [1.82, 2.24) is 4.90 Å². The Balaban J connectivity index is 2.66. The molecule has 100 valence electrons. The van der Waals surface area contributed by atoms with Crippen LogP contribution in [0.3, 0.4) is 0 Å². The van der Waals surface area contributed by atoms with Crippen molar-refractivity contribution in [2.24, 2.45) is 0 Å². The number of hydrogen-bond acceptors (Lipinski definition) is 2. The fourth-order valence-corrected chi connectivity index (χ4v) is 1.98. The van der Waals surface area contributed by atoms with E-state index in [4.69, 9.17) is 4.74 Å². The highest BCUT2D eigenvalue weighted by Crippen LogP contribution is 2.22. The Morgan fingerprint density at radius 3 is 2.72 bits per heavy atom. The molecule has 0 aromatic heterocycles. The van der Waals surface area contributed by atoms with Gasteiger partial charge in [0.1, 0.15) is 0 Å². The van der Waals surface area contributed by atoms with Crippen LogP contribution in [0.25, 0.3) is 0 Å². The lowest BCUT2D eigenvalue weighted by molar-refractivity contribution is 0.0531. The van der Waals surface area contributed by atoms with Gasteiger partial charge < -0.3 is 9.64 Å². The number of benzene rings is 1. The van der Waals surface area contributed by atoms with Gasteiger partial charge in [0.25, 0.3) is 5.91 Å². The molecule has 4 heteroatoms. The van der Waals surface area contributed by atoms with Gasteiger partial charge in [0, 0.05) is 18.1 Å². The molecule has 1 aromatic rings. The number of carbonyl (C=O) groups excluding carboxylic acids is 1. The van der Waals surface area contributed by atoms with E-state index in [1.807, 2.05) is 39.0 Å². The van der Waals surface area contributed by atoms with Crippen molar-refractivity contribution in [3.05, 3.63) is 33.8 Å². The molecule has 0 bridgehead atoms. The molecule has 0 radical (unpaired) electrons. The van der Waals surface area contributed by atoms with Gasteiger partial charge in [0.2, 0.25) is 0 Å². The summed E-state index contributed by atoms with van der Waals surface area (Å²) in [5, 5.41) is 0. The molecule has 0 atom stereocenters. The quantitative estimate of drug-likeness (QED) is 0.835. The Labute approximate surface area is 117 Å². The Kier molecular flexibility index (Phi) is 5.82. The van der Waals surface area contributed by atoms with E-state index in [0.717, 1.165) is 10.0 Å². The second-order valence-corrected chi connectivity index (χ2v) is 5.38. The van der Waals surface area contributed by atoms with Gasteiger partial charge in [0.05, 0.1) is 18.3 Å². The first-order valence-electron chi connectivity index (χ1n) is 6.05. The van der Waals surface area contributed by atoms with Crippen molar-refractivity contribution < 1.29 is 9.53 Å². The van der Waals surface area contributed by atoms with E-state index in [1.165, 1.54) is 0 Å². The van der Waals surface area contributed by atoms with Crippen LogP contribution in [-0.4, -0.2) is 37.1 Å². The average molecular weight is 314 g/mol. The van der Waals surface area contributed by atoms with Gasteiger partial charge in [-0.1, -0.05) is 12.1 Å². The molecule has 0 aliphatic carbocycles. The summed E-state index contributed by atoms with van der Waals surface area (Å²) in [5.74, 6) is 0.0120. The lowest BCUT2D eigenvalue weighted by Crippen LogP contribution is -2.31. The maximum absolute atomic E-state index is 12.2. The van der Waals surface area contributed by atoms with E-state index < -0.39 is 0 Å². The number of ether oxygens (including phenoxy) is 1. The third-order valence-electron chi connectivity index (χ3n) is 2.65. The second kappa shape index (κ2) is 6.90. The predicted octanol–water partition coefficient (Wildman–Crippen LogP) is 3.25. The lowest BCUT2D eigenvalue weighted by atomic mass is 10.1. The number of likely N-dealkylation sites (N-methyl/N-ethyl adjacent to an activating group) is 1. The maximum Gasteiger partial charge on any atom is 0.254 e. The van der Waals surface area contributed by atoms with Crippen molar-refractivity contribution in [3.63, 3.8) is 0 Å². The number of halogens is 1. The summed E-state index contributed by atoms with van der Waals surface area (Å²) < 4.78 is 6.31. The summed E-state index contributed by atoms with van der Waals surface area (Å²) in [4.78, 5) is 13.9. The van der Waals surface area contributed by atoms with E-state index in [-0.39, 0.29) is 12.0 Å². The van der Waals surface area contributed by atoms with E-state index in [9.17, 15) is 4.79 Å². The van der Waals surface area contributed by atoms with Crippen LogP contribution in [-0.2, 0) is 4.74 Å². The molecule has 0 aliphatic heterocycles. The Morgan fingerprint density at radius 1 is 1.44 bits per heavy atom. The topological polar surface area (TPSA) is 29.5 Å². The normalized spacial score (nSPS) is 10.8. The highest BCUT2D eigenvalue weighted by Gasteiger charge is 2.15. The first kappa shape index (κ1) is 15.2. The zero-order chi connectivity index (χ0) is 13.7. The van der Waals surface area contributed by atoms with Crippen LogP contribution in [0, 0.1) is 6.92 Å². The first-order chi connectivity index (χ1) is 8.43. The molecule has 1 amide bonds. The Hall–Kier alpha value is -0.870. The Bertz CT molecular complexity index is 418. The molecule has 0 aliphatic rings. The third-order valence-corrected chi connectivity index (χ3v) is 3.70. The first-order valence-corrected chi connectivity index (χ1v) is 6.85. The van der Waals surface area contributed by atoms with Crippen LogP contribution in [0.4, 0.5) is 0 Å². The summed E-state index contributed by atoms with van der Waals surface area (Å²) in [6.45, 7) is 7.10. The molecule has 0 heterocycles. The SMILES string of the molecule is Cc1cccc(C(=O)N(C)CCOC(C)C)c1Br. The smallest absolute Gasteiger partial charge is 0.254 e. The predicted molar refractivity (Wildman–Crippen MR) is 76.9 cm³/mol. The van der Waals surface area contributed by atoms with Crippen molar-refractivity contribution in [3.8, 4) is 0 Å². The van der Waals surface area contributed by atoms with Gasteiger partial charge in [-0.3, -0.25) is 4.79 Å². The molecule has 18 heavy (non-hydrogen) atoms. The fourth-order valence-electron chi connectivity index (χ4n) is 1.55. The zero-order valence-electron chi connectivity index (χ0n) is 11.4. The molecule has 0 fully saturated rings. The van der Waals surface area contributed by atoms with Crippen LogP contribution in [0.2, 0.25) is 0 Å². The highest BCUT2D eigenvalue weighted by molar-refractivity contribution is 9.10. The number of hydrogen-bond donors (Lipinski definition) is 0. The molecule has 0 N–H and O–H groups in total. The minimum atomic E-state index is 0.0120. The molecule has 1 rings (SSSR count). The molecule has 0 saturated carbocycles. The maximum atomic E-state index is 12.2. The molecule has 1 aromatic carbocycles. The Morgan fingerprint density at radius 2 is 2.11 bits per heavy atom. The molecular formula is C14H20BrNO2. The van der Waals surface area contributed by atoms with Crippen LogP contribution < -0.4 is 0 Å². The number of carbonyl (C=O) groups is 1. The van der Waals surface area contributed by atoms with Crippen LogP contribution in [0.5, 0.6) is 0 Å². The van der Waals surface area contributed by atoms with Crippen molar-refractivity contribution in [1.29, 1.82) is 0 Å². The summed E-state index contributed by atoms with van der Waals surface area (Å²) in [6.07, 6.45) is 0.194. The zero-order valence-corrected chi connectivity index (χ0v) is 13.0. The third kappa shape index (κ3) is 4.10. The molecule has 3 nitrogen and oxygen atoms in total. The molecular weight excluding hydrogens is 294 g/mol. The summed E-state index contributed by atoms with van der Waals surface area (Å²) in [7, 11) is 1.79. The summed E-state index contributed by atoms with van der Waals surface area (Å²) in [5.41, 5.74) is 1.76. The number of rotatable bonds is 5. The molecule has 0 saturated heterocycles. The van der Waals surface area contributed by atoms with Gasteiger partial charge in [-0.2, -0.15) is 0 Å². The van der Waals surface area contributed by atoms with Gasteiger partial charge >= 0.3 is 0 Å². The largest absolute Gasteiger partial charge is 0.377 e. The van der Waals surface area contributed by atoms with Crippen molar-refractivity contribution in [2.45, 2.75) is 26.9 Å². The molecule has 0 unspecified atom stereocenters. The number of nitrogens with zero attached hydrogens (tertiary/aromatic N) is 1. The number of amides is 1. The standard InChI is InChI=1S/C14H20BrNO2/c1-10(2)18-9-8-16(4)14(17)12-7-5-6-11(3)13(12)15/h5-7,10H,8-9H2,1-4H3. The van der Waals surface area contributed by atoms with Gasteiger partial charge in [-0.15, -0.1) is 0 Å². The second-order valence-electron chi connectivity index (χ2n) is 4.58. The van der Waals surface area contributed by atoms with E-state index >= 15 is 0 Å². The molecule has 0 spiro atoms. The van der Waals surface area contributed by atoms with E-state index in [0.29, 0.717) is 18.7 Å². The monoisotopic (exact) mass is 313 g/mol. The lowest BCUT2D eigenvalue weighted by Gasteiger charge is -2.19. The minimum absolute atomic E-state index is 0.0120.